The van der Waals surface area contributed by atoms with E-state index in [2.05, 4.69) is 23.3 Å². The van der Waals surface area contributed by atoms with Gasteiger partial charge in [-0.15, -0.1) is 0 Å². The number of nitrogens with zero attached hydrogens (tertiary/aromatic N) is 2. The highest BCUT2D eigenvalue weighted by Crippen LogP contribution is 2.33. The Morgan fingerprint density at radius 3 is 2.82 bits per heavy atom. The van der Waals surface area contributed by atoms with Crippen molar-refractivity contribution in [2.24, 2.45) is 0 Å². The first-order chi connectivity index (χ1) is 13.5. The molecule has 1 saturated heterocycles. The Morgan fingerprint density at radius 2 is 2.04 bits per heavy atom. The minimum Gasteiger partial charge on any atom is -0.454 e. The second-order valence-electron chi connectivity index (χ2n) is 7.75. The fourth-order valence-corrected chi connectivity index (χ4v) is 4.06. The van der Waals surface area contributed by atoms with Crippen molar-refractivity contribution in [3.8, 4) is 11.5 Å². The van der Waals surface area contributed by atoms with Gasteiger partial charge in [0.1, 0.15) is 6.04 Å². The van der Waals surface area contributed by atoms with Crippen molar-refractivity contribution in [2.75, 3.05) is 33.5 Å². The van der Waals surface area contributed by atoms with Crippen LogP contribution in [0.5, 0.6) is 11.5 Å². The van der Waals surface area contributed by atoms with Gasteiger partial charge in [0.2, 0.25) is 12.7 Å². The molecule has 3 heterocycles. The number of likely N-dealkylation sites (tertiary alicyclic amines) is 1. The SMILES string of the molecule is CC(NC(=O)C1CCCN1C(=O)c1ccc2c(c1)OCO2)C1=CCN(C)CC1. The van der Waals surface area contributed by atoms with Crippen LogP contribution in [0, 0.1) is 0 Å². The van der Waals surface area contributed by atoms with Gasteiger partial charge in [-0.3, -0.25) is 9.59 Å². The molecule has 0 spiro atoms. The van der Waals surface area contributed by atoms with E-state index in [1.54, 1.807) is 23.1 Å². The molecule has 1 fully saturated rings. The van der Waals surface area contributed by atoms with Gasteiger partial charge in [0.15, 0.2) is 11.5 Å². The summed E-state index contributed by atoms with van der Waals surface area (Å²) in [6.45, 7) is 4.70. The van der Waals surface area contributed by atoms with Gasteiger partial charge < -0.3 is 24.6 Å². The summed E-state index contributed by atoms with van der Waals surface area (Å²) < 4.78 is 10.7. The fourth-order valence-electron chi connectivity index (χ4n) is 4.06. The van der Waals surface area contributed by atoms with Crippen LogP contribution < -0.4 is 14.8 Å². The quantitative estimate of drug-likeness (QED) is 0.800. The smallest absolute Gasteiger partial charge is 0.254 e. The largest absolute Gasteiger partial charge is 0.454 e. The molecule has 1 aromatic rings. The summed E-state index contributed by atoms with van der Waals surface area (Å²) in [4.78, 5) is 29.9. The third kappa shape index (κ3) is 3.71. The monoisotopic (exact) mass is 385 g/mol. The van der Waals surface area contributed by atoms with Gasteiger partial charge in [0.05, 0.1) is 0 Å². The standard InChI is InChI=1S/C21H27N3O4/c1-14(15-7-10-23(2)11-8-15)22-20(25)17-4-3-9-24(17)21(26)16-5-6-18-19(12-16)28-13-27-18/h5-7,12,14,17H,3-4,8-11,13H2,1-2H3,(H,22,25). The van der Waals surface area contributed by atoms with Crippen molar-refractivity contribution in [1.82, 2.24) is 15.1 Å². The molecule has 0 aromatic heterocycles. The van der Waals surface area contributed by atoms with Crippen molar-refractivity contribution in [1.29, 1.82) is 0 Å². The predicted octanol–water partition coefficient (Wildman–Crippen LogP) is 1.79. The minimum atomic E-state index is -0.424. The number of benzene rings is 1. The highest BCUT2D eigenvalue weighted by Gasteiger charge is 2.35. The van der Waals surface area contributed by atoms with Crippen molar-refractivity contribution in [3.63, 3.8) is 0 Å². The molecule has 3 aliphatic heterocycles. The van der Waals surface area contributed by atoms with Gasteiger partial charge in [-0.1, -0.05) is 6.08 Å². The molecule has 0 radical (unpaired) electrons. The third-order valence-corrected chi connectivity index (χ3v) is 5.80. The van der Waals surface area contributed by atoms with Gasteiger partial charge in [-0.05, 0) is 57.0 Å². The lowest BCUT2D eigenvalue weighted by Crippen LogP contribution is -2.49. The molecule has 2 amide bonds. The molecular weight excluding hydrogens is 358 g/mol. The Labute approximate surface area is 165 Å². The molecule has 1 N–H and O–H groups in total. The topological polar surface area (TPSA) is 71.1 Å². The number of amides is 2. The van der Waals surface area contributed by atoms with E-state index >= 15 is 0 Å². The Kier molecular flexibility index (Phi) is 5.26. The Bertz CT molecular complexity index is 807. The van der Waals surface area contributed by atoms with Crippen molar-refractivity contribution < 1.29 is 19.1 Å². The Hall–Kier alpha value is -2.54. The molecule has 0 saturated carbocycles. The van der Waals surface area contributed by atoms with E-state index in [0.29, 0.717) is 30.0 Å². The number of rotatable bonds is 4. The normalized spacial score (nSPS) is 22.7. The molecular formula is C21H27N3O4. The van der Waals surface area contributed by atoms with E-state index in [1.165, 1.54) is 5.57 Å². The number of carbonyl (C=O) groups excluding carboxylic acids is 2. The highest BCUT2D eigenvalue weighted by molar-refractivity contribution is 5.98. The first kappa shape index (κ1) is 18.8. The van der Waals surface area contributed by atoms with Gasteiger partial charge >= 0.3 is 0 Å². The lowest BCUT2D eigenvalue weighted by molar-refractivity contribution is -0.125. The van der Waals surface area contributed by atoms with E-state index in [9.17, 15) is 9.59 Å². The zero-order chi connectivity index (χ0) is 19.7. The Morgan fingerprint density at radius 1 is 1.21 bits per heavy atom. The van der Waals surface area contributed by atoms with Crippen LogP contribution in [0.15, 0.2) is 29.8 Å². The van der Waals surface area contributed by atoms with Crippen LogP contribution in [-0.4, -0.2) is 67.2 Å². The number of fused-ring (bicyclic) bond motifs is 1. The van der Waals surface area contributed by atoms with Crippen LogP contribution in [0.4, 0.5) is 0 Å². The Balaban J connectivity index is 1.42. The van der Waals surface area contributed by atoms with Crippen LogP contribution in [0.2, 0.25) is 0 Å². The molecule has 1 aromatic carbocycles. The van der Waals surface area contributed by atoms with Crippen LogP contribution in [-0.2, 0) is 4.79 Å². The number of likely N-dealkylation sites (N-methyl/N-ethyl adjacent to an activating group) is 1. The number of hydrogen-bond donors (Lipinski definition) is 1. The molecule has 3 aliphatic rings. The predicted molar refractivity (Wildman–Crippen MR) is 104 cm³/mol. The zero-order valence-electron chi connectivity index (χ0n) is 16.4. The lowest BCUT2D eigenvalue weighted by Gasteiger charge is -2.29. The number of ether oxygens (including phenoxy) is 2. The number of nitrogens with one attached hydrogen (secondary N) is 1. The van der Waals surface area contributed by atoms with Gasteiger partial charge in [0.25, 0.3) is 5.91 Å². The maximum Gasteiger partial charge on any atom is 0.254 e. The lowest BCUT2D eigenvalue weighted by atomic mass is 10.0. The van der Waals surface area contributed by atoms with Crippen LogP contribution in [0.25, 0.3) is 0 Å². The second kappa shape index (κ2) is 7.83. The molecule has 2 atom stereocenters. The van der Waals surface area contributed by atoms with Crippen LogP contribution >= 0.6 is 0 Å². The summed E-state index contributed by atoms with van der Waals surface area (Å²) >= 11 is 0. The summed E-state index contributed by atoms with van der Waals surface area (Å²) in [5.41, 5.74) is 1.79. The molecule has 7 nitrogen and oxygen atoms in total. The number of carbonyl (C=O) groups is 2. The fraction of sp³-hybridized carbons (Fsp3) is 0.524. The van der Waals surface area contributed by atoms with Gasteiger partial charge in [-0.25, -0.2) is 0 Å². The van der Waals surface area contributed by atoms with E-state index < -0.39 is 6.04 Å². The average Bonchev–Trinajstić information content (AvgIpc) is 3.36. The van der Waals surface area contributed by atoms with Crippen molar-refractivity contribution >= 4 is 11.8 Å². The molecule has 2 unspecified atom stereocenters. The maximum atomic E-state index is 13.0. The molecule has 7 heteroatoms. The van der Waals surface area contributed by atoms with Crippen molar-refractivity contribution in [2.45, 2.75) is 38.3 Å². The van der Waals surface area contributed by atoms with Crippen LogP contribution in [0.3, 0.4) is 0 Å². The molecule has 28 heavy (non-hydrogen) atoms. The summed E-state index contributed by atoms with van der Waals surface area (Å²) in [7, 11) is 2.09. The maximum absolute atomic E-state index is 13.0. The third-order valence-electron chi connectivity index (χ3n) is 5.80. The summed E-state index contributed by atoms with van der Waals surface area (Å²) in [6, 6.07) is 4.74. The summed E-state index contributed by atoms with van der Waals surface area (Å²) in [5, 5.41) is 3.12. The molecule has 0 bridgehead atoms. The van der Waals surface area contributed by atoms with E-state index in [0.717, 1.165) is 25.9 Å². The number of hydrogen-bond acceptors (Lipinski definition) is 5. The van der Waals surface area contributed by atoms with E-state index in [4.69, 9.17) is 9.47 Å². The first-order valence-corrected chi connectivity index (χ1v) is 9.91. The van der Waals surface area contributed by atoms with E-state index in [-0.39, 0.29) is 24.6 Å². The summed E-state index contributed by atoms with van der Waals surface area (Å²) in [5.74, 6) is 1.02. The zero-order valence-corrected chi connectivity index (χ0v) is 16.4. The summed E-state index contributed by atoms with van der Waals surface area (Å²) in [6.07, 6.45) is 4.67. The van der Waals surface area contributed by atoms with Crippen LogP contribution in [0.1, 0.15) is 36.5 Å². The van der Waals surface area contributed by atoms with Crippen molar-refractivity contribution in [3.05, 3.63) is 35.4 Å². The van der Waals surface area contributed by atoms with Gasteiger partial charge in [-0.2, -0.15) is 0 Å². The molecule has 150 valence electrons. The first-order valence-electron chi connectivity index (χ1n) is 9.91. The molecule has 0 aliphatic carbocycles. The average molecular weight is 385 g/mol. The van der Waals surface area contributed by atoms with Gasteiger partial charge in [0, 0.05) is 31.2 Å². The minimum absolute atomic E-state index is 0.00991. The second-order valence-corrected chi connectivity index (χ2v) is 7.75. The van der Waals surface area contributed by atoms with E-state index in [1.807, 2.05) is 6.92 Å². The highest BCUT2D eigenvalue weighted by atomic mass is 16.7. The molecule has 4 rings (SSSR count).